The highest BCUT2D eigenvalue weighted by molar-refractivity contribution is 6.84. The highest BCUT2D eigenvalue weighted by Crippen LogP contribution is 2.41. The Morgan fingerprint density at radius 2 is 1.80 bits per heavy atom. The van der Waals surface area contributed by atoms with Crippen LogP contribution in [0.1, 0.15) is 25.7 Å². The Bertz CT molecular complexity index is 334. The standard InChI is InChI=1S/C14H32O3Si3/c1-18(2)16-20(5,6)17-19(3,4)10-9-12-7-8-13-14(11-12)15-13/h12-14,18H,7-11H2,1-6H3. The molecule has 0 amide bonds. The van der Waals surface area contributed by atoms with Gasteiger partial charge in [0.1, 0.15) is 0 Å². The first-order valence-electron chi connectivity index (χ1n) is 8.20. The van der Waals surface area contributed by atoms with E-state index in [9.17, 15) is 0 Å². The van der Waals surface area contributed by atoms with Gasteiger partial charge in [-0.25, -0.2) is 0 Å². The first-order chi connectivity index (χ1) is 9.17. The van der Waals surface area contributed by atoms with Crippen molar-refractivity contribution in [2.45, 2.75) is 83.2 Å². The molecule has 0 aromatic heterocycles. The van der Waals surface area contributed by atoms with Gasteiger partial charge in [-0.05, 0) is 70.5 Å². The van der Waals surface area contributed by atoms with Gasteiger partial charge in [0.15, 0.2) is 17.4 Å². The summed E-state index contributed by atoms with van der Waals surface area (Å²) >= 11 is 0. The fourth-order valence-corrected chi connectivity index (χ4v) is 15.6. The predicted molar refractivity (Wildman–Crippen MR) is 91.4 cm³/mol. The second-order valence-electron chi connectivity index (χ2n) is 7.86. The third kappa shape index (κ3) is 5.38. The van der Waals surface area contributed by atoms with Gasteiger partial charge < -0.3 is 13.0 Å². The molecule has 2 fully saturated rings. The molecule has 0 radical (unpaired) electrons. The van der Waals surface area contributed by atoms with Crippen molar-refractivity contribution in [2.24, 2.45) is 5.92 Å². The van der Waals surface area contributed by atoms with E-state index in [1.807, 2.05) is 0 Å². The lowest BCUT2D eigenvalue weighted by Gasteiger charge is -2.35. The van der Waals surface area contributed by atoms with Crippen molar-refractivity contribution < 1.29 is 13.0 Å². The van der Waals surface area contributed by atoms with E-state index in [1.165, 1.54) is 31.7 Å². The lowest BCUT2D eigenvalue weighted by atomic mass is 9.88. The first kappa shape index (κ1) is 16.9. The molecule has 0 aromatic carbocycles. The molecule has 3 atom stereocenters. The van der Waals surface area contributed by atoms with Gasteiger partial charge in [0.25, 0.3) is 0 Å². The zero-order valence-electron chi connectivity index (χ0n) is 14.1. The number of hydrogen-bond donors (Lipinski definition) is 0. The molecule has 0 bridgehead atoms. The molecule has 1 saturated carbocycles. The van der Waals surface area contributed by atoms with Gasteiger partial charge in [-0.15, -0.1) is 0 Å². The van der Waals surface area contributed by atoms with Crippen LogP contribution in [-0.4, -0.2) is 38.1 Å². The number of ether oxygens (including phenoxy) is 1. The summed E-state index contributed by atoms with van der Waals surface area (Å²) in [6.45, 7) is 13.6. The van der Waals surface area contributed by atoms with Crippen LogP contribution in [0.25, 0.3) is 0 Å². The second-order valence-corrected chi connectivity index (χ2v) is 18.5. The minimum absolute atomic E-state index is 0.612. The molecule has 1 saturated heterocycles. The van der Waals surface area contributed by atoms with Crippen LogP contribution in [0, 0.1) is 5.92 Å². The minimum atomic E-state index is -1.90. The summed E-state index contributed by atoms with van der Waals surface area (Å²) in [5, 5.41) is 0. The maximum Gasteiger partial charge on any atom is 0.310 e. The zero-order chi connectivity index (χ0) is 15.0. The maximum atomic E-state index is 6.52. The third-order valence-electron chi connectivity index (χ3n) is 4.31. The molecular formula is C14H32O3Si3. The normalized spacial score (nSPS) is 30.4. The van der Waals surface area contributed by atoms with Crippen LogP contribution in [0.3, 0.4) is 0 Å². The van der Waals surface area contributed by atoms with Crippen LogP contribution >= 0.6 is 0 Å². The lowest BCUT2D eigenvalue weighted by molar-refractivity contribution is 0.351. The van der Waals surface area contributed by atoms with Gasteiger partial charge in [-0.2, -0.15) is 0 Å². The summed E-state index contributed by atoms with van der Waals surface area (Å²) < 4.78 is 18.3. The SMILES string of the molecule is C[SiH](C)O[Si](C)(C)O[Si](C)(C)CCC1CCC2OC2C1. The second kappa shape index (κ2) is 6.34. The van der Waals surface area contributed by atoms with Crippen LogP contribution in [-0.2, 0) is 13.0 Å². The largest absolute Gasteiger partial charge is 0.440 e. The fraction of sp³-hybridized carbons (Fsp3) is 1.00. The van der Waals surface area contributed by atoms with Crippen LogP contribution in [0.2, 0.25) is 45.3 Å². The summed E-state index contributed by atoms with van der Waals surface area (Å²) in [6.07, 6.45) is 6.52. The van der Waals surface area contributed by atoms with Crippen molar-refractivity contribution in [3.63, 3.8) is 0 Å². The molecule has 3 unspecified atom stereocenters. The highest BCUT2D eigenvalue weighted by Gasteiger charge is 2.44. The molecule has 0 N–H and O–H groups in total. The van der Waals surface area contributed by atoms with Crippen LogP contribution in [0.5, 0.6) is 0 Å². The molecular weight excluding hydrogens is 300 g/mol. The average Bonchev–Trinajstić information content (AvgIpc) is 3.00. The molecule has 0 spiro atoms. The van der Waals surface area contributed by atoms with Gasteiger partial charge in [0.2, 0.25) is 0 Å². The van der Waals surface area contributed by atoms with Gasteiger partial charge in [0, 0.05) is 0 Å². The van der Waals surface area contributed by atoms with E-state index in [1.54, 1.807) is 0 Å². The summed E-state index contributed by atoms with van der Waals surface area (Å²) in [7, 11) is -4.47. The summed E-state index contributed by atoms with van der Waals surface area (Å²) in [6, 6.07) is 1.27. The van der Waals surface area contributed by atoms with Gasteiger partial charge in [0.05, 0.1) is 12.2 Å². The Morgan fingerprint density at radius 3 is 2.40 bits per heavy atom. The number of epoxide rings is 1. The Morgan fingerprint density at radius 1 is 1.10 bits per heavy atom. The molecule has 118 valence electrons. The highest BCUT2D eigenvalue weighted by atomic mass is 28.5. The van der Waals surface area contributed by atoms with Crippen molar-refractivity contribution >= 4 is 25.9 Å². The summed E-state index contributed by atoms with van der Waals surface area (Å²) in [4.78, 5) is 0. The Labute approximate surface area is 128 Å². The van der Waals surface area contributed by atoms with E-state index in [2.05, 4.69) is 39.3 Å². The Kier molecular flexibility index (Phi) is 5.35. The molecule has 2 rings (SSSR count). The Hall–Kier alpha value is 0.531. The quantitative estimate of drug-likeness (QED) is 0.524. The van der Waals surface area contributed by atoms with E-state index in [0.29, 0.717) is 12.2 Å². The van der Waals surface area contributed by atoms with Crippen LogP contribution in [0.4, 0.5) is 0 Å². The smallest absolute Gasteiger partial charge is 0.310 e. The third-order valence-corrected chi connectivity index (χ3v) is 14.1. The molecule has 1 aliphatic carbocycles. The van der Waals surface area contributed by atoms with E-state index >= 15 is 0 Å². The van der Waals surface area contributed by atoms with Crippen molar-refractivity contribution in [1.29, 1.82) is 0 Å². The number of fused-ring (bicyclic) bond motifs is 1. The van der Waals surface area contributed by atoms with Crippen molar-refractivity contribution in [2.75, 3.05) is 0 Å². The lowest BCUT2D eigenvalue weighted by Crippen LogP contribution is -2.48. The predicted octanol–water partition coefficient (Wildman–Crippen LogP) is 3.87. The number of rotatable bonds is 7. The molecule has 3 nitrogen and oxygen atoms in total. The van der Waals surface area contributed by atoms with Gasteiger partial charge in [-0.1, -0.05) is 6.42 Å². The Balaban J connectivity index is 1.74. The molecule has 1 heterocycles. The van der Waals surface area contributed by atoms with E-state index < -0.39 is 25.9 Å². The van der Waals surface area contributed by atoms with E-state index in [-0.39, 0.29) is 0 Å². The first-order valence-corrected chi connectivity index (χ1v) is 16.9. The van der Waals surface area contributed by atoms with Crippen LogP contribution in [0.15, 0.2) is 0 Å². The molecule has 2 aliphatic rings. The van der Waals surface area contributed by atoms with Gasteiger partial charge >= 0.3 is 8.56 Å². The maximum absolute atomic E-state index is 6.52. The average molecular weight is 333 g/mol. The van der Waals surface area contributed by atoms with Crippen molar-refractivity contribution in [1.82, 2.24) is 0 Å². The molecule has 20 heavy (non-hydrogen) atoms. The molecule has 1 aliphatic heterocycles. The van der Waals surface area contributed by atoms with Crippen molar-refractivity contribution in [3.05, 3.63) is 0 Å². The van der Waals surface area contributed by atoms with E-state index in [4.69, 9.17) is 13.0 Å². The topological polar surface area (TPSA) is 31.0 Å². The monoisotopic (exact) mass is 332 g/mol. The molecule has 0 aromatic rings. The zero-order valence-corrected chi connectivity index (χ0v) is 17.2. The summed E-state index contributed by atoms with van der Waals surface area (Å²) in [5.74, 6) is 0.874. The van der Waals surface area contributed by atoms with Crippen LogP contribution < -0.4 is 0 Å². The van der Waals surface area contributed by atoms with Gasteiger partial charge in [-0.3, -0.25) is 0 Å². The fourth-order valence-electron chi connectivity index (χ4n) is 3.61. The summed E-state index contributed by atoms with van der Waals surface area (Å²) in [5.41, 5.74) is 0. The minimum Gasteiger partial charge on any atom is -0.440 e. The van der Waals surface area contributed by atoms with E-state index in [0.717, 1.165) is 5.92 Å². The van der Waals surface area contributed by atoms with Crippen molar-refractivity contribution in [3.8, 4) is 0 Å². The number of hydrogen-bond acceptors (Lipinski definition) is 3. The molecule has 6 heteroatoms.